The first kappa shape index (κ1) is 35.1. The maximum Gasteiger partial charge on any atom is 0.338 e. The van der Waals surface area contributed by atoms with Gasteiger partial charge >= 0.3 is 11.9 Å². The zero-order valence-electron chi connectivity index (χ0n) is 21.2. The number of hydrogen-bond donors (Lipinski definition) is 2. The number of unbranched alkanes of at least 4 members (excludes halogenated alkanes) is 4. The van der Waals surface area contributed by atoms with Crippen LogP contribution in [0.4, 0.5) is 0 Å². The van der Waals surface area contributed by atoms with Crippen LogP contribution < -0.4 is 0 Å². The predicted octanol–water partition coefficient (Wildman–Crippen LogP) is 5.73. The lowest BCUT2D eigenvalue weighted by molar-refractivity contribution is 0.0496. The van der Waals surface area contributed by atoms with Crippen LogP contribution in [0.25, 0.3) is 0 Å². The smallest absolute Gasteiger partial charge is 0.338 e. The molecule has 2 atom stereocenters. The summed E-state index contributed by atoms with van der Waals surface area (Å²) in [5.41, 5.74) is 0.447. The number of hydrogen-bond acceptors (Lipinski definition) is 5. The van der Waals surface area contributed by atoms with Crippen LogP contribution in [0.5, 0.6) is 0 Å². The van der Waals surface area contributed by atoms with E-state index in [-0.39, 0.29) is 61.5 Å². The van der Waals surface area contributed by atoms with Crippen LogP contribution in [0.1, 0.15) is 116 Å². The van der Waals surface area contributed by atoms with Crippen molar-refractivity contribution in [3.8, 4) is 0 Å². The van der Waals surface area contributed by atoms with E-state index in [9.17, 15) is 27.7 Å². The average molecular weight is 539 g/mol. The Balaban J connectivity index is 0. The fraction of sp³-hybridized carbons (Fsp3) is 0.667. The normalized spacial score (nSPS) is 10.9. The molecule has 198 valence electrons. The zero-order valence-corrected chi connectivity index (χ0v) is 24.9. The van der Waals surface area contributed by atoms with Gasteiger partial charge in [0, 0.05) is 0 Å². The number of carboxylic acids is 1. The van der Waals surface area contributed by atoms with Gasteiger partial charge in [-0.3, -0.25) is 4.55 Å². The summed E-state index contributed by atoms with van der Waals surface area (Å²) >= 11 is 0. The van der Waals surface area contributed by atoms with Crippen molar-refractivity contribution in [3.63, 3.8) is 0 Å². The summed E-state index contributed by atoms with van der Waals surface area (Å²) < 4.78 is 40.7. The van der Waals surface area contributed by atoms with E-state index in [4.69, 9.17) is 4.74 Å². The summed E-state index contributed by atoms with van der Waals surface area (Å²) in [7, 11) is -4.77. The van der Waals surface area contributed by atoms with E-state index in [2.05, 4.69) is 0 Å². The highest BCUT2D eigenvalue weighted by molar-refractivity contribution is 7.86. The van der Waals surface area contributed by atoms with Crippen LogP contribution in [0.3, 0.4) is 0 Å². The molecule has 0 amide bonds. The largest absolute Gasteiger partial charge is 0.478 e. The molecular formula is C24H44O7P2S. The molecule has 7 nitrogen and oxygen atoms in total. The number of carbonyl (C=O) groups is 2. The first-order valence-electron chi connectivity index (χ1n) is 11.7. The van der Waals surface area contributed by atoms with E-state index in [1.807, 2.05) is 27.7 Å². The minimum atomic E-state index is -4.77. The van der Waals surface area contributed by atoms with Gasteiger partial charge in [0.15, 0.2) is 0 Å². The highest BCUT2D eigenvalue weighted by atomic mass is 32.2. The van der Waals surface area contributed by atoms with Crippen molar-refractivity contribution in [1.82, 2.24) is 0 Å². The number of esters is 1. The van der Waals surface area contributed by atoms with Crippen LogP contribution in [0.2, 0.25) is 0 Å². The summed E-state index contributed by atoms with van der Waals surface area (Å²) in [6, 6.07) is 0. The van der Waals surface area contributed by atoms with Gasteiger partial charge in [-0.2, -0.15) is 28.2 Å². The third-order valence-electron chi connectivity index (χ3n) is 5.50. The van der Waals surface area contributed by atoms with Crippen molar-refractivity contribution < 1.29 is 32.4 Å². The van der Waals surface area contributed by atoms with Crippen molar-refractivity contribution in [1.29, 1.82) is 0 Å². The van der Waals surface area contributed by atoms with E-state index in [0.29, 0.717) is 37.7 Å². The van der Waals surface area contributed by atoms with Gasteiger partial charge in [0.2, 0.25) is 0 Å². The predicted molar refractivity (Wildman–Crippen MR) is 146 cm³/mol. The highest BCUT2D eigenvalue weighted by Crippen LogP contribution is 2.36. The molecule has 2 N–H and O–H groups in total. The van der Waals surface area contributed by atoms with Crippen LogP contribution in [-0.4, -0.2) is 36.6 Å². The third-order valence-corrected chi connectivity index (χ3v) is 6.51. The van der Waals surface area contributed by atoms with Gasteiger partial charge in [-0.15, -0.1) is 0 Å². The first-order chi connectivity index (χ1) is 15.1. The first-order valence-corrected chi connectivity index (χ1v) is 13.2. The molecule has 1 aromatic rings. The quantitative estimate of drug-likeness (QED) is 0.127. The molecule has 0 saturated carbocycles. The summed E-state index contributed by atoms with van der Waals surface area (Å²) in [5, 5.41) is 10.1. The molecule has 0 saturated heterocycles. The zero-order chi connectivity index (χ0) is 24.3. The number of ether oxygens (including phenoxy) is 1. The molecule has 0 spiro atoms. The lowest BCUT2D eigenvalue weighted by Gasteiger charge is -2.23. The maximum absolute atomic E-state index is 13.2. The second kappa shape index (κ2) is 17.4. The molecule has 10 heteroatoms. The minimum absolute atomic E-state index is 0. The Morgan fingerprint density at radius 1 is 0.735 bits per heavy atom. The fourth-order valence-corrected chi connectivity index (χ4v) is 4.91. The van der Waals surface area contributed by atoms with Crippen molar-refractivity contribution in [2.45, 2.75) is 103 Å². The molecule has 0 aliphatic rings. The Hall–Kier alpha value is -1.07. The van der Waals surface area contributed by atoms with Crippen LogP contribution >= 0.6 is 19.8 Å². The fourth-order valence-electron chi connectivity index (χ4n) is 3.88. The Labute approximate surface area is 211 Å². The number of carboxylic acid groups (broad SMARTS) is 1. The second-order valence-corrected chi connectivity index (χ2v) is 9.45. The van der Waals surface area contributed by atoms with E-state index >= 15 is 0 Å². The molecule has 1 aromatic carbocycles. The van der Waals surface area contributed by atoms with E-state index in [0.717, 1.165) is 25.7 Å². The molecule has 2 unspecified atom stereocenters. The lowest BCUT2D eigenvalue weighted by atomic mass is 9.85. The summed E-state index contributed by atoms with van der Waals surface area (Å²) in [6.07, 6.45) is 6.23. The third kappa shape index (κ3) is 9.53. The Bertz CT molecular complexity index is 899. The van der Waals surface area contributed by atoms with Gasteiger partial charge in [0.25, 0.3) is 10.1 Å². The maximum atomic E-state index is 13.2. The number of carbonyl (C=O) groups excluding carboxylic acids is 1. The van der Waals surface area contributed by atoms with Crippen LogP contribution in [0.15, 0.2) is 4.90 Å². The van der Waals surface area contributed by atoms with Gasteiger partial charge in [0.05, 0.1) is 17.7 Å². The lowest BCUT2D eigenvalue weighted by Crippen LogP contribution is -2.23. The molecule has 0 radical (unpaired) electrons. The van der Waals surface area contributed by atoms with Gasteiger partial charge in [-0.05, 0) is 61.6 Å². The van der Waals surface area contributed by atoms with Crippen molar-refractivity contribution in [2.75, 3.05) is 6.61 Å². The van der Waals surface area contributed by atoms with Crippen molar-refractivity contribution in [3.05, 3.63) is 27.8 Å². The molecule has 0 heterocycles. The average Bonchev–Trinajstić information content (AvgIpc) is 2.72. The highest BCUT2D eigenvalue weighted by Gasteiger charge is 2.34. The molecule has 0 aliphatic carbocycles. The number of benzene rings is 1. The van der Waals surface area contributed by atoms with Gasteiger partial charge in [-0.25, -0.2) is 9.59 Å². The molecule has 0 fully saturated rings. The van der Waals surface area contributed by atoms with E-state index in [1.54, 1.807) is 0 Å². The van der Waals surface area contributed by atoms with Gasteiger partial charge < -0.3 is 9.84 Å². The van der Waals surface area contributed by atoms with E-state index in [1.165, 1.54) is 0 Å². The molecule has 0 aliphatic heterocycles. The number of rotatable bonds is 15. The monoisotopic (exact) mass is 538 g/mol. The van der Waals surface area contributed by atoms with E-state index < -0.39 is 27.0 Å². The minimum Gasteiger partial charge on any atom is -0.478 e. The van der Waals surface area contributed by atoms with Crippen molar-refractivity contribution in [2.24, 2.45) is 0 Å². The standard InChI is InChI=1S/C24H38O7S.2H3P/c1-5-9-13-17-20(23(25)26)18(14-10-6-2)22(32(28,29)30)19(15-11-7-3)21(17)24(27)31-16-12-8-4;;/h5-16H2,1-4H3,(H,25,26)(H,28,29,30);2*1H3. The van der Waals surface area contributed by atoms with Crippen LogP contribution in [0, 0.1) is 0 Å². The van der Waals surface area contributed by atoms with Gasteiger partial charge in [0.1, 0.15) is 4.90 Å². The molecule has 0 bridgehead atoms. The van der Waals surface area contributed by atoms with Crippen LogP contribution in [-0.2, 0) is 34.1 Å². The molecule has 34 heavy (non-hydrogen) atoms. The van der Waals surface area contributed by atoms with Gasteiger partial charge in [-0.1, -0.05) is 53.4 Å². The Kier molecular flexibility index (Phi) is 17.9. The summed E-state index contributed by atoms with van der Waals surface area (Å²) in [6.45, 7) is 7.94. The summed E-state index contributed by atoms with van der Waals surface area (Å²) in [4.78, 5) is 25.1. The summed E-state index contributed by atoms with van der Waals surface area (Å²) in [5.74, 6) is -2.01. The molecule has 0 aromatic heterocycles. The molecular weight excluding hydrogens is 494 g/mol. The number of aromatic carboxylic acids is 1. The SMILES string of the molecule is CCCCOC(=O)c1c(CCCC)c(C(=O)O)c(CCCC)c(S(=O)(=O)O)c1CCCC.P.P. The Morgan fingerprint density at radius 2 is 1.15 bits per heavy atom. The topological polar surface area (TPSA) is 118 Å². The second-order valence-electron chi connectivity index (χ2n) is 8.10. The van der Waals surface area contributed by atoms with Crippen molar-refractivity contribution >= 4 is 41.9 Å². The Morgan fingerprint density at radius 3 is 1.53 bits per heavy atom. The molecule has 1 rings (SSSR count).